The van der Waals surface area contributed by atoms with Gasteiger partial charge in [0.05, 0.1) is 29.8 Å². The first kappa shape index (κ1) is 30.6. The van der Waals surface area contributed by atoms with Gasteiger partial charge in [0.15, 0.2) is 0 Å². The molecule has 236 valence electrons. The first-order valence-corrected chi connectivity index (χ1v) is 14.2. The summed E-state index contributed by atoms with van der Waals surface area (Å²) in [6, 6.07) is 7.29. The van der Waals surface area contributed by atoms with Gasteiger partial charge in [-0.1, -0.05) is 6.08 Å². The van der Waals surface area contributed by atoms with E-state index in [4.69, 9.17) is 4.74 Å². The number of piperidine rings is 3. The van der Waals surface area contributed by atoms with Crippen molar-refractivity contribution in [3.8, 4) is 5.75 Å². The van der Waals surface area contributed by atoms with Crippen molar-refractivity contribution in [2.24, 2.45) is 11.8 Å². The minimum absolute atomic E-state index is 0.00556. The molecule has 4 heterocycles. The molecule has 0 amide bonds. The van der Waals surface area contributed by atoms with Gasteiger partial charge < -0.3 is 15.4 Å². The number of nitrogens with zero attached hydrogens (tertiary/aromatic N) is 2. The zero-order valence-corrected chi connectivity index (χ0v) is 23.9. The number of ether oxygens (including phenoxy) is 1. The summed E-state index contributed by atoms with van der Waals surface area (Å²) >= 11 is 0. The molecule has 2 N–H and O–H groups in total. The summed E-state index contributed by atoms with van der Waals surface area (Å²) in [5.41, 5.74) is -4.95. The predicted octanol–water partition coefficient (Wildman–Crippen LogP) is 6.67. The number of rotatable bonds is 8. The van der Waals surface area contributed by atoms with Gasteiger partial charge in [0.25, 0.3) is 10.9 Å². The average molecular weight is 631 g/mol. The van der Waals surface area contributed by atoms with Crippen molar-refractivity contribution in [3.63, 3.8) is 0 Å². The molecule has 7 nitrogen and oxygen atoms in total. The van der Waals surface area contributed by atoms with E-state index in [2.05, 4.69) is 27.1 Å². The van der Waals surface area contributed by atoms with E-state index in [9.17, 15) is 35.9 Å². The highest BCUT2D eigenvalue weighted by Gasteiger charge is 2.44. The van der Waals surface area contributed by atoms with Gasteiger partial charge >= 0.3 is 12.4 Å². The van der Waals surface area contributed by atoms with Gasteiger partial charge in [-0.2, -0.15) is 26.3 Å². The smallest absolute Gasteiger partial charge is 0.416 e. The van der Waals surface area contributed by atoms with Crippen molar-refractivity contribution in [1.82, 2.24) is 9.88 Å². The molecule has 0 aliphatic carbocycles. The van der Waals surface area contributed by atoms with E-state index < -0.39 is 51.8 Å². The SMILES string of the molecule is C=C[C@H]1CN2CCC1CC2[C@@H](Nc1c(Nc2cc(C(F)(F)F)cc(C(F)(F)F)c2)c(=O)c1=O)c1ccnc2ccc(OC)cc12. The van der Waals surface area contributed by atoms with E-state index in [0.717, 1.165) is 36.9 Å². The van der Waals surface area contributed by atoms with Crippen molar-refractivity contribution in [2.75, 3.05) is 30.8 Å². The Kier molecular flexibility index (Phi) is 7.62. The van der Waals surface area contributed by atoms with Crippen molar-refractivity contribution in [3.05, 3.63) is 98.5 Å². The topological polar surface area (TPSA) is 83.6 Å². The lowest BCUT2D eigenvalue weighted by Crippen LogP contribution is -2.56. The van der Waals surface area contributed by atoms with Gasteiger partial charge in [0.2, 0.25) is 0 Å². The summed E-state index contributed by atoms with van der Waals surface area (Å²) in [7, 11) is 1.52. The molecule has 0 saturated carbocycles. The van der Waals surface area contributed by atoms with Crippen LogP contribution in [0, 0.1) is 11.8 Å². The molecule has 3 aliphatic heterocycles. The first-order valence-electron chi connectivity index (χ1n) is 14.2. The van der Waals surface area contributed by atoms with Crippen LogP contribution in [0.25, 0.3) is 10.9 Å². The van der Waals surface area contributed by atoms with Crippen LogP contribution >= 0.6 is 0 Å². The van der Waals surface area contributed by atoms with Crippen LogP contribution in [0.3, 0.4) is 0 Å². The Morgan fingerprint density at radius 1 is 1.00 bits per heavy atom. The lowest BCUT2D eigenvalue weighted by atomic mass is 9.73. The van der Waals surface area contributed by atoms with Gasteiger partial charge in [0.1, 0.15) is 17.1 Å². The molecular formula is C32H28F6N4O3. The number of halogens is 6. The number of hydrogen-bond donors (Lipinski definition) is 2. The number of nitrogens with one attached hydrogen (secondary N) is 2. The van der Waals surface area contributed by atoms with Crippen LogP contribution in [0.2, 0.25) is 0 Å². The Bertz CT molecular complexity index is 1810. The summed E-state index contributed by atoms with van der Waals surface area (Å²) in [4.78, 5) is 32.4. The second-order valence-electron chi connectivity index (χ2n) is 11.5. The average Bonchev–Trinajstić information content (AvgIpc) is 3.03. The summed E-state index contributed by atoms with van der Waals surface area (Å²) in [5.74, 6) is 1.16. The molecule has 5 atom stereocenters. The van der Waals surface area contributed by atoms with Crippen LogP contribution in [0.5, 0.6) is 5.75 Å². The molecule has 4 aromatic rings. The van der Waals surface area contributed by atoms with Gasteiger partial charge in [0, 0.05) is 29.9 Å². The lowest BCUT2D eigenvalue weighted by molar-refractivity contribution is -0.143. The third-order valence-corrected chi connectivity index (χ3v) is 8.92. The zero-order chi connectivity index (χ0) is 32.3. The molecule has 45 heavy (non-hydrogen) atoms. The summed E-state index contributed by atoms with van der Waals surface area (Å²) < 4.78 is 86.4. The molecule has 2 bridgehead atoms. The minimum atomic E-state index is -5.08. The molecule has 3 unspecified atom stereocenters. The highest BCUT2D eigenvalue weighted by Crippen LogP contribution is 2.44. The van der Waals surface area contributed by atoms with Crippen molar-refractivity contribution in [1.29, 1.82) is 0 Å². The van der Waals surface area contributed by atoms with E-state index >= 15 is 0 Å². The third-order valence-electron chi connectivity index (χ3n) is 8.92. The monoisotopic (exact) mass is 630 g/mol. The van der Waals surface area contributed by atoms with Gasteiger partial charge in [-0.15, -0.1) is 6.58 Å². The molecule has 3 saturated heterocycles. The van der Waals surface area contributed by atoms with Gasteiger partial charge in [-0.3, -0.25) is 19.5 Å². The van der Waals surface area contributed by atoms with Crippen molar-refractivity contribution < 1.29 is 31.1 Å². The van der Waals surface area contributed by atoms with Crippen LogP contribution in [-0.2, 0) is 12.4 Å². The number of pyridine rings is 1. The predicted molar refractivity (Wildman–Crippen MR) is 158 cm³/mol. The largest absolute Gasteiger partial charge is 0.497 e. The van der Waals surface area contributed by atoms with E-state index in [1.807, 2.05) is 6.08 Å². The number of benzene rings is 2. The van der Waals surface area contributed by atoms with Crippen LogP contribution in [0.15, 0.2) is 70.9 Å². The lowest BCUT2D eigenvalue weighted by Gasteiger charge is -2.52. The number of alkyl halides is 6. The Morgan fingerprint density at radius 3 is 2.29 bits per heavy atom. The Hall–Kier alpha value is -4.39. The molecule has 7 rings (SSSR count). The maximum Gasteiger partial charge on any atom is 0.416 e. The van der Waals surface area contributed by atoms with Crippen LogP contribution < -0.4 is 26.2 Å². The Morgan fingerprint density at radius 2 is 1.69 bits per heavy atom. The van der Waals surface area contributed by atoms with E-state index in [-0.39, 0.29) is 23.7 Å². The number of anilines is 3. The number of aromatic nitrogens is 1. The Labute approximate surface area is 253 Å². The van der Waals surface area contributed by atoms with Crippen LogP contribution in [-0.4, -0.2) is 36.1 Å². The summed E-state index contributed by atoms with van der Waals surface area (Å²) in [6.07, 6.45) is -4.94. The standard InChI is InChI=1S/C32H28F6N4O3/c1-3-16-15-42-9-7-17(16)10-25(42)26(22-6-8-39-24-5-4-21(45-2)14-23(22)24)41-28-27(29(43)30(28)44)40-20-12-18(31(33,34)35)11-19(13-20)32(36,37)38/h3-6,8,11-14,16-17,25-26,40-41H,1,7,9-10,15H2,2H3/t16-,17?,25?,26-/m0/s1. The third kappa shape index (κ3) is 5.65. The second kappa shape index (κ2) is 11.2. The zero-order valence-electron chi connectivity index (χ0n) is 23.9. The molecular weight excluding hydrogens is 602 g/mol. The number of methoxy groups -OCH3 is 1. The second-order valence-corrected chi connectivity index (χ2v) is 11.5. The fourth-order valence-electron chi connectivity index (χ4n) is 6.63. The highest BCUT2D eigenvalue weighted by molar-refractivity contribution is 5.85. The quantitative estimate of drug-likeness (QED) is 0.128. The summed E-state index contributed by atoms with van der Waals surface area (Å²) in [6.45, 7) is 5.48. The molecule has 0 spiro atoms. The fraction of sp³-hybridized carbons (Fsp3) is 0.344. The summed E-state index contributed by atoms with van der Waals surface area (Å²) in [5, 5.41) is 6.30. The van der Waals surface area contributed by atoms with Crippen molar-refractivity contribution >= 4 is 28.0 Å². The van der Waals surface area contributed by atoms with E-state index in [0.29, 0.717) is 29.3 Å². The fourth-order valence-corrected chi connectivity index (χ4v) is 6.63. The maximum atomic E-state index is 13.5. The van der Waals surface area contributed by atoms with E-state index in [1.54, 1.807) is 30.5 Å². The van der Waals surface area contributed by atoms with Crippen molar-refractivity contribution in [2.45, 2.75) is 37.3 Å². The molecule has 3 aromatic carbocycles. The molecule has 0 radical (unpaired) electrons. The molecule has 1 aromatic heterocycles. The number of hydrogen-bond acceptors (Lipinski definition) is 7. The van der Waals surface area contributed by atoms with Crippen LogP contribution in [0.1, 0.15) is 35.6 Å². The normalized spacial score (nSPS) is 22.4. The van der Waals surface area contributed by atoms with Crippen LogP contribution in [0.4, 0.5) is 43.4 Å². The van der Waals surface area contributed by atoms with Gasteiger partial charge in [-0.05, 0) is 79.3 Å². The molecule has 3 fully saturated rings. The highest BCUT2D eigenvalue weighted by atomic mass is 19.4. The van der Waals surface area contributed by atoms with E-state index in [1.165, 1.54) is 7.11 Å². The van der Waals surface area contributed by atoms with Gasteiger partial charge in [-0.25, -0.2) is 0 Å². The Balaban J connectivity index is 1.43. The molecule has 13 heteroatoms. The first-order chi connectivity index (χ1) is 21.3. The number of fused-ring (bicyclic) bond motifs is 4. The molecule has 3 aliphatic rings. The minimum Gasteiger partial charge on any atom is -0.497 e. The maximum absolute atomic E-state index is 13.5.